The highest BCUT2D eigenvalue weighted by Gasteiger charge is 2.30. The molecule has 0 radical (unpaired) electrons. The summed E-state index contributed by atoms with van der Waals surface area (Å²) >= 11 is 0. The van der Waals surface area contributed by atoms with Gasteiger partial charge in [0.15, 0.2) is 0 Å². The van der Waals surface area contributed by atoms with Gasteiger partial charge < -0.3 is 10.2 Å². The minimum absolute atomic E-state index is 0.145. The van der Waals surface area contributed by atoms with Gasteiger partial charge in [0.25, 0.3) is 0 Å². The minimum atomic E-state index is -4.31. The molecule has 2 nitrogen and oxygen atoms in total. The van der Waals surface area contributed by atoms with Gasteiger partial charge >= 0.3 is 6.18 Å². The summed E-state index contributed by atoms with van der Waals surface area (Å²) in [5, 5.41) is 3.25. The van der Waals surface area contributed by atoms with E-state index in [-0.39, 0.29) is 5.41 Å². The number of anilines is 2. The van der Waals surface area contributed by atoms with E-state index >= 15 is 0 Å². The first-order chi connectivity index (χ1) is 12.2. The third-order valence-corrected chi connectivity index (χ3v) is 4.35. The summed E-state index contributed by atoms with van der Waals surface area (Å²) in [6.45, 7) is 8.05. The Hall–Kier alpha value is -2.17. The van der Waals surface area contributed by atoms with Gasteiger partial charge in [-0.3, -0.25) is 0 Å². The van der Waals surface area contributed by atoms with Crippen molar-refractivity contribution in [3.05, 3.63) is 60.2 Å². The van der Waals surface area contributed by atoms with Gasteiger partial charge in [0.1, 0.15) is 0 Å². The topological polar surface area (TPSA) is 15.3 Å². The normalized spacial score (nSPS) is 12.1. The SMILES string of the molecule is CCCC(C)(C)CN(CNc1ccc(C(F)(F)F)cc1)c1ccccc1. The van der Waals surface area contributed by atoms with Crippen LogP contribution in [0.5, 0.6) is 0 Å². The lowest BCUT2D eigenvalue weighted by Crippen LogP contribution is -2.37. The highest BCUT2D eigenvalue weighted by molar-refractivity contribution is 5.50. The third-order valence-electron chi connectivity index (χ3n) is 4.35. The Morgan fingerprint density at radius 2 is 1.54 bits per heavy atom. The van der Waals surface area contributed by atoms with Crippen molar-refractivity contribution >= 4 is 11.4 Å². The van der Waals surface area contributed by atoms with Gasteiger partial charge in [-0.05, 0) is 48.2 Å². The standard InChI is InChI=1S/C21H27F3N2/c1-4-14-20(2,3)15-26(19-8-6-5-7-9-19)16-25-18-12-10-17(11-13-18)21(22,23)24/h5-13,25H,4,14-16H2,1-3H3. The summed E-state index contributed by atoms with van der Waals surface area (Å²) in [5.74, 6) is 0. The Bertz CT molecular complexity index is 664. The Balaban J connectivity index is 2.09. The molecule has 2 aromatic carbocycles. The van der Waals surface area contributed by atoms with Crippen LogP contribution in [0.1, 0.15) is 39.2 Å². The Morgan fingerprint density at radius 1 is 0.923 bits per heavy atom. The van der Waals surface area contributed by atoms with Crippen LogP contribution in [0.15, 0.2) is 54.6 Å². The van der Waals surface area contributed by atoms with E-state index in [1.165, 1.54) is 12.1 Å². The van der Waals surface area contributed by atoms with Crippen LogP contribution in [0.3, 0.4) is 0 Å². The Labute approximate surface area is 154 Å². The fourth-order valence-electron chi connectivity index (χ4n) is 3.11. The average Bonchev–Trinajstić information content (AvgIpc) is 2.59. The van der Waals surface area contributed by atoms with E-state index in [1.54, 1.807) is 0 Å². The molecule has 0 aliphatic carbocycles. The monoisotopic (exact) mass is 364 g/mol. The van der Waals surface area contributed by atoms with Crippen LogP contribution in [0.4, 0.5) is 24.5 Å². The second-order valence-electron chi connectivity index (χ2n) is 7.36. The molecule has 1 N–H and O–H groups in total. The summed E-state index contributed by atoms with van der Waals surface area (Å²) in [7, 11) is 0. The number of hydrogen-bond donors (Lipinski definition) is 1. The van der Waals surface area contributed by atoms with E-state index in [1.807, 2.05) is 18.2 Å². The molecule has 0 heterocycles. The van der Waals surface area contributed by atoms with E-state index < -0.39 is 11.7 Å². The van der Waals surface area contributed by atoms with Crippen LogP contribution in [0.2, 0.25) is 0 Å². The van der Waals surface area contributed by atoms with Gasteiger partial charge in [-0.15, -0.1) is 0 Å². The van der Waals surface area contributed by atoms with Crippen LogP contribution >= 0.6 is 0 Å². The molecule has 0 amide bonds. The van der Waals surface area contributed by atoms with E-state index in [0.717, 1.165) is 37.2 Å². The highest BCUT2D eigenvalue weighted by atomic mass is 19.4. The number of benzene rings is 2. The maximum Gasteiger partial charge on any atom is 0.416 e. The van der Waals surface area contributed by atoms with Gasteiger partial charge in [-0.1, -0.05) is 45.4 Å². The molecule has 2 aromatic rings. The van der Waals surface area contributed by atoms with Crippen LogP contribution < -0.4 is 10.2 Å². The number of nitrogens with zero attached hydrogens (tertiary/aromatic N) is 1. The maximum atomic E-state index is 12.7. The first-order valence-electron chi connectivity index (χ1n) is 8.92. The smallest absolute Gasteiger partial charge is 0.368 e. The summed E-state index contributed by atoms with van der Waals surface area (Å²) in [6, 6.07) is 15.2. The van der Waals surface area contributed by atoms with Gasteiger partial charge in [0.2, 0.25) is 0 Å². The molecule has 5 heteroatoms. The molecule has 0 fully saturated rings. The molecule has 0 saturated heterocycles. The quantitative estimate of drug-likeness (QED) is 0.545. The molecule has 0 aliphatic heterocycles. The van der Waals surface area contributed by atoms with E-state index in [0.29, 0.717) is 12.4 Å². The molecular weight excluding hydrogens is 337 g/mol. The molecule has 2 rings (SSSR count). The van der Waals surface area contributed by atoms with E-state index in [9.17, 15) is 13.2 Å². The summed E-state index contributed by atoms with van der Waals surface area (Å²) < 4.78 is 38.1. The predicted molar refractivity (Wildman–Crippen MR) is 102 cm³/mol. The van der Waals surface area contributed by atoms with Crippen LogP contribution in [-0.4, -0.2) is 13.2 Å². The lowest BCUT2D eigenvalue weighted by molar-refractivity contribution is -0.137. The van der Waals surface area contributed by atoms with Crippen molar-refractivity contribution < 1.29 is 13.2 Å². The molecular formula is C21H27F3N2. The van der Waals surface area contributed by atoms with Crippen molar-refractivity contribution in [3.8, 4) is 0 Å². The molecule has 0 atom stereocenters. The van der Waals surface area contributed by atoms with Crippen molar-refractivity contribution in [2.45, 2.75) is 39.8 Å². The van der Waals surface area contributed by atoms with Crippen molar-refractivity contribution in [1.82, 2.24) is 0 Å². The van der Waals surface area contributed by atoms with Gasteiger partial charge in [-0.2, -0.15) is 13.2 Å². The molecule has 0 aromatic heterocycles. The number of hydrogen-bond acceptors (Lipinski definition) is 2. The molecule has 0 saturated carbocycles. The zero-order valence-electron chi connectivity index (χ0n) is 15.6. The predicted octanol–water partition coefficient (Wildman–Crippen LogP) is 6.41. The van der Waals surface area contributed by atoms with Crippen molar-refractivity contribution in [3.63, 3.8) is 0 Å². The number of halogens is 3. The Morgan fingerprint density at radius 3 is 2.08 bits per heavy atom. The molecule has 0 bridgehead atoms. The van der Waals surface area contributed by atoms with Crippen molar-refractivity contribution in [1.29, 1.82) is 0 Å². The number of nitrogens with one attached hydrogen (secondary N) is 1. The lowest BCUT2D eigenvalue weighted by atomic mass is 9.87. The molecule has 26 heavy (non-hydrogen) atoms. The first-order valence-corrected chi connectivity index (χ1v) is 8.92. The third kappa shape index (κ3) is 5.97. The summed E-state index contributed by atoms with van der Waals surface area (Å²) in [6.07, 6.45) is -2.09. The maximum absolute atomic E-state index is 12.7. The lowest BCUT2D eigenvalue weighted by Gasteiger charge is -2.34. The van der Waals surface area contributed by atoms with E-state index in [2.05, 4.69) is 43.1 Å². The van der Waals surface area contributed by atoms with Crippen molar-refractivity contribution in [2.24, 2.45) is 5.41 Å². The number of para-hydroxylation sites is 1. The van der Waals surface area contributed by atoms with Crippen LogP contribution in [0, 0.1) is 5.41 Å². The Kier molecular flexibility index (Phi) is 6.57. The van der Waals surface area contributed by atoms with Gasteiger partial charge in [-0.25, -0.2) is 0 Å². The number of alkyl halides is 3. The fourth-order valence-corrected chi connectivity index (χ4v) is 3.11. The first kappa shape index (κ1) is 20.1. The van der Waals surface area contributed by atoms with Gasteiger partial charge in [0, 0.05) is 17.9 Å². The van der Waals surface area contributed by atoms with Crippen molar-refractivity contribution in [2.75, 3.05) is 23.4 Å². The zero-order valence-corrected chi connectivity index (χ0v) is 15.6. The largest absolute Gasteiger partial charge is 0.416 e. The summed E-state index contributed by atoms with van der Waals surface area (Å²) in [5.41, 5.74) is 1.28. The molecule has 0 aliphatic rings. The zero-order chi connectivity index (χ0) is 19.2. The molecule has 142 valence electrons. The average molecular weight is 364 g/mol. The van der Waals surface area contributed by atoms with Crippen LogP contribution in [0.25, 0.3) is 0 Å². The van der Waals surface area contributed by atoms with Gasteiger partial charge in [0.05, 0.1) is 12.2 Å². The molecule has 0 unspecified atom stereocenters. The van der Waals surface area contributed by atoms with Crippen LogP contribution in [-0.2, 0) is 6.18 Å². The fraction of sp³-hybridized carbons (Fsp3) is 0.429. The highest BCUT2D eigenvalue weighted by Crippen LogP contribution is 2.30. The second kappa shape index (κ2) is 8.47. The number of rotatable bonds is 8. The second-order valence-corrected chi connectivity index (χ2v) is 7.36. The molecule has 0 spiro atoms. The minimum Gasteiger partial charge on any atom is -0.368 e. The van der Waals surface area contributed by atoms with E-state index in [4.69, 9.17) is 0 Å². The summed E-state index contributed by atoms with van der Waals surface area (Å²) in [4.78, 5) is 2.23.